The quantitative estimate of drug-likeness (QED) is 0.774. The van der Waals surface area contributed by atoms with Crippen LogP contribution in [0.2, 0.25) is 0 Å². The highest BCUT2D eigenvalue weighted by molar-refractivity contribution is 7.10. The van der Waals surface area contributed by atoms with Gasteiger partial charge in [-0.3, -0.25) is 9.69 Å². The van der Waals surface area contributed by atoms with Crippen LogP contribution in [-0.2, 0) is 11.2 Å². The highest BCUT2D eigenvalue weighted by atomic mass is 32.1. The average molecular weight is 372 g/mol. The summed E-state index contributed by atoms with van der Waals surface area (Å²) >= 11 is 1.79. The standard InChI is InChI=1S/C21H29N3OS/c1-23-12-14-24(15-13-23)19(20-10-6-16-26-20)17-22-21(25)11-5-9-18-7-3-2-4-8-18/h2-4,6-8,10,16,19H,5,9,11-15,17H2,1H3,(H,22,25). The van der Waals surface area contributed by atoms with Crippen LogP contribution in [0.15, 0.2) is 47.8 Å². The Balaban J connectivity index is 1.47. The largest absolute Gasteiger partial charge is 0.354 e. The minimum atomic E-state index is 0.164. The SMILES string of the molecule is CN1CCN(C(CNC(=O)CCCc2ccccc2)c2cccs2)CC1. The fourth-order valence-electron chi connectivity index (χ4n) is 3.42. The van der Waals surface area contributed by atoms with Crippen molar-refractivity contribution in [2.75, 3.05) is 39.8 Å². The third kappa shape index (κ3) is 5.66. The number of nitrogens with one attached hydrogen (secondary N) is 1. The van der Waals surface area contributed by atoms with Gasteiger partial charge in [0.2, 0.25) is 5.91 Å². The van der Waals surface area contributed by atoms with E-state index in [-0.39, 0.29) is 5.91 Å². The van der Waals surface area contributed by atoms with Crippen molar-refractivity contribution < 1.29 is 4.79 Å². The maximum Gasteiger partial charge on any atom is 0.220 e. The number of hydrogen-bond acceptors (Lipinski definition) is 4. The van der Waals surface area contributed by atoms with Crippen molar-refractivity contribution in [3.05, 3.63) is 58.3 Å². The van der Waals surface area contributed by atoms with E-state index in [0.717, 1.165) is 39.0 Å². The molecule has 0 saturated carbocycles. The zero-order valence-electron chi connectivity index (χ0n) is 15.6. The lowest BCUT2D eigenvalue weighted by Gasteiger charge is -2.37. The van der Waals surface area contributed by atoms with Gasteiger partial charge < -0.3 is 10.2 Å². The van der Waals surface area contributed by atoms with E-state index in [2.05, 4.69) is 63.9 Å². The molecule has 1 aliphatic rings. The van der Waals surface area contributed by atoms with E-state index in [0.29, 0.717) is 19.0 Å². The number of hydrogen-bond donors (Lipinski definition) is 1. The number of benzene rings is 1. The van der Waals surface area contributed by atoms with E-state index in [1.165, 1.54) is 10.4 Å². The van der Waals surface area contributed by atoms with Crippen molar-refractivity contribution in [1.82, 2.24) is 15.1 Å². The summed E-state index contributed by atoms with van der Waals surface area (Å²) in [5, 5.41) is 5.30. The van der Waals surface area contributed by atoms with Crippen LogP contribution >= 0.6 is 11.3 Å². The summed E-state index contributed by atoms with van der Waals surface area (Å²) in [5.41, 5.74) is 1.30. The summed E-state index contributed by atoms with van der Waals surface area (Å²) < 4.78 is 0. The monoisotopic (exact) mass is 371 g/mol. The predicted molar refractivity (Wildman–Crippen MR) is 109 cm³/mol. The predicted octanol–water partition coefficient (Wildman–Crippen LogP) is 3.18. The highest BCUT2D eigenvalue weighted by Gasteiger charge is 2.24. The van der Waals surface area contributed by atoms with Crippen LogP contribution < -0.4 is 5.32 Å². The van der Waals surface area contributed by atoms with Crippen molar-refractivity contribution in [3.8, 4) is 0 Å². The lowest BCUT2D eigenvalue weighted by molar-refractivity contribution is -0.121. The summed E-state index contributed by atoms with van der Waals surface area (Å²) in [5.74, 6) is 0.164. The Kier molecular flexibility index (Phi) is 7.23. The molecule has 1 aromatic carbocycles. The van der Waals surface area contributed by atoms with E-state index in [4.69, 9.17) is 0 Å². The van der Waals surface area contributed by atoms with E-state index >= 15 is 0 Å². The van der Waals surface area contributed by atoms with Crippen LogP contribution in [0.3, 0.4) is 0 Å². The third-order valence-corrected chi connectivity index (χ3v) is 6.03. The maximum atomic E-state index is 12.3. The number of piperazine rings is 1. The van der Waals surface area contributed by atoms with Gasteiger partial charge in [0.15, 0.2) is 0 Å². The van der Waals surface area contributed by atoms with Gasteiger partial charge in [-0.15, -0.1) is 11.3 Å². The molecule has 1 fully saturated rings. The van der Waals surface area contributed by atoms with Crippen LogP contribution in [0.25, 0.3) is 0 Å². The van der Waals surface area contributed by atoms with E-state index < -0.39 is 0 Å². The van der Waals surface area contributed by atoms with Crippen molar-refractivity contribution >= 4 is 17.2 Å². The molecule has 4 nitrogen and oxygen atoms in total. The van der Waals surface area contributed by atoms with Crippen molar-refractivity contribution in [1.29, 1.82) is 0 Å². The fraction of sp³-hybridized carbons (Fsp3) is 0.476. The molecule has 1 atom stereocenters. The smallest absolute Gasteiger partial charge is 0.220 e. The molecule has 26 heavy (non-hydrogen) atoms. The molecule has 1 N–H and O–H groups in total. The molecule has 3 rings (SSSR count). The molecule has 0 radical (unpaired) electrons. The van der Waals surface area contributed by atoms with Crippen LogP contribution in [-0.4, -0.2) is 55.5 Å². The molecular weight excluding hydrogens is 342 g/mol. The normalized spacial score (nSPS) is 17.1. The number of rotatable bonds is 8. The molecule has 1 amide bonds. The van der Waals surface area contributed by atoms with Crippen molar-refractivity contribution in [3.63, 3.8) is 0 Å². The zero-order chi connectivity index (χ0) is 18.2. The number of thiophene rings is 1. The topological polar surface area (TPSA) is 35.6 Å². The Bertz CT molecular complexity index is 651. The van der Waals surface area contributed by atoms with E-state index in [1.807, 2.05) is 6.07 Å². The minimum Gasteiger partial charge on any atom is -0.354 e. The van der Waals surface area contributed by atoms with Gasteiger partial charge in [0.1, 0.15) is 0 Å². The Morgan fingerprint density at radius 3 is 2.58 bits per heavy atom. The lowest BCUT2D eigenvalue weighted by atomic mass is 10.1. The molecule has 0 spiro atoms. The number of carbonyl (C=O) groups excluding carboxylic acids is 1. The fourth-order valence-corrected chi connectivity index (χ4v) is 4.28. The summed E-state index contributed by atoms with van der Waals surface area (Å²) in [7, 11) is 2.17. The van der Waals surface area contributed by atoms with E-state index in [9.17, 15) is 4.79 Å². The lowest BCUT2D eigenvalue weighted by Crippen LogP contribution is -2.48. The highest BCUT2D eigenvalue weighted by Crippen LogP contribution is 2.25. The molecule has 1 aromatic heterocycles. The van der Waals surface area contributed by atoms with Gasteiger partial charge in [0, 0.05) is 44.0 Å². The third-order valence-electron chi connectivity index (χ3n) is 5.05. The average Bonchev–Trinajstić information content (AvgIpc) is 3.19. The first-order valence-corrected chi connectivity index (χ1v) is 10.4. The van der Waals surface area contributed by atoms with Crippen LogP contribution in [0.4, 0.5) is 0 Å². The summed E-state index contributed by atoms with van der Waals surface area (Å²) in [6.07, 6.45) is 2.45. The van der Waals surface area contributed by atoms with Gasteiger partial charge in [-0.2, -0.15) is 0 Å². The first-order valence-electron chi connectivity index (χ1n) is 9.49. The second-order valence-electron chi connectivity index (χ2n) is 7.01. The minimum absolute atomic E-state index is 0.164. The van der Waals surface area contributed by atoms with Crippen LogP contribution in [0.5, 0.6) is 0 Å². The summed E-state index contributed by atoms with van der Waals surface area (Å²) in [6, 6.07) is 15.0. The van der Waals surface area contributed by atoms with Crippen molar-refractivity contribution in [2.24, 2.45) is 0 Å². The van der Waals surface area contributed by atoms with Gasteiger partial charge in [-0.25, -0.2) is 0 Å². The summed E-state index contributed by atoms with van der Waals surface area (Å²) in [4.78, 5) is 18.5. The Morgan fingerprint density at radius 1 is 1.12 bits per heavy atom. The molecule has 2 heterocycles. The molecule has 0 bridgehead atoms. The second kappa shape index (κ2) is 9.86. The number of aryl methyl sites for hydroxylation is 1. The Morgan fingerprint density at radius 2 is 1.88 bits per heavy atom. The molecule has 0 aliphatic carbocycles. The van der Waals surface area contributed by atoms with Gasteiger partial charge in [0.25, 0.3) is 0 Å². The van der Waals surface area contributed by atoms with Gasteiger partial charge in [-0.1, -0.05) is 36.4 Å². The molecule has 1 aliphatic heterocycles. The Labute approximate surface area is 160 Å². The first kappa shape index (κ1) is 19.1. The number of carbonyl (C=O) groups is 1. The van der Waals surface area contributed by atoms with Crippen LogP contribution in [0.1, 0.15) is 29.3 Å². The number of amides is 1. The maximum absolute atomic E-state index is 12.3. The van der Waals surface area contributed by atoms with E-state index in [1.54, 1.807) is 11.3 Å². The zero-order valence-corrected chi connectivity index (χ0v) is 16.4. The first-order chi connectivity index (χ1) is 12.7. The van der Waals surface area contributed by atoms with Gasteiger partial charge in [0.05, 0.1) is 6.04 Å². The number of likely N-dealkylation sites (N-methyl/N-ethyl adjacent to an activating group) is 1. The molecular formula is C21H29N3OS. The number of nitrogens with zero attached hydrogens (tertiary/aromatic N) is 2. The molecule has 1 unspecified atom stereocenters. The molecule has 2 aromatic rings. The van der Waals surface area contributed by atoms with Crippen molar-refractivity contribution in [2.45, 2.75) is 25.3 Å². The summed E-state index contributed by atoms with van der Waals surface area (Å²) in [6.45, 7) is 5.00. The molecule has 1 saturated heterocycles. The van der Waals surface area contributed by atoms with Gasteiger partial charge >= 0.3 is 0 Å². The molecule has 140 valence electrons. The Hall–Kier alpha value is -1.69. The van der Waals surface area contributed by atoms with Gasteiger partial charge in [-0.05, 0) is 36.9 Å². The molecule has 5 heteroatoms. The van der Waals surface area contributed by atoms with Crippen LogP contribution in [0, 0.1) is 0 Å². The second-order valence-corrected chi connectivity index (χ2v) is 7.99.